The summed E-state index contributed by atoms with van der Waals surface area (Å²) in [6.07, 6.45) is 11.0. The molecular formula is C17H29NO4. The van der Waals surface area contributed by atoms with Gasteiger partial charge in [0.1, 0.15) is 0 Å². The molecule has 0 radical (unpaired) electrons. The van der Waals surface area contributed by atoms with Crippen LogP contribution in [-0.2, 0) is 9.53 Å². The summed E-state index contributed by atoms with van der Waals surface area (Å²) in [6, 6.07) is 0. The Balaban J connectivity index is 3.89. The van der Waals surface area contributed by atoms with Gasteiger partial charge in [0.05, 0.1) is 17.8 Å². The van der Waals surface area contributed by atoms with Crippen molar-refractivity contribution >= 4 is 5.91 Å². The highest BCUT2D eigenvalue weighted by molar-refractivity contribution is 5.87. The van der Waals surface area contributed by atoms with Crippen molar-refractivity contribution < 1.29 is 19.7 Å². The molecule has 0 saturated carbocycles. The van der Waals surface area contributed by atoms with Gasteiger partial charge in [-0.2, -0.15) is 0 Å². The van der Waals surface area contributed by atoms with Crippen molar-refractivity contribution in [3.8, 4) is 0 Å². The molecule has 5 nitrogen and oxygen atoms in total. The highest BCUT2D eigenvalue weighted by atomic mass is 16.5. The van der Waals surface area contributed by atoms with E-state index in [0.29, 0.717) is 12.8 Å². The average Bonchev–Trinajstić information content (AvgIpc) is 2.45. The number of ether oxygens (including phenoxy) is 1. The molecule has 0 spiro atoms. The van der Waals surface area contributed by atoms with Crippen LogP contribution in [0.5, 0.6) is 0 Å². The number of hydrogen-bond acceptors (Lipinski definition) is 4. The largest absolute Gasteiger partial charge is 0.389 e. The topological polar surface area (TPSA) is 78.8 Å². The maximum Gasteiger partial charge on any atom is 0.243 e. The van der Waals surface area contributed by atoms with E-state index in [2.05, 4.69) is 5.32 Å². The van der Waals surface area contributed by atoms with Crippen LogP contribution in [0.3, 0.4) is 0 Å². The fraction of sp³-hybridized carbons (Fsp3) is 0.588. The first-order valence-corrected chi connectivity index (χ1v) is 7.47. The van der Waals surface area contributed by atoms with Gasteiger partial charge in [0.25, 0.3) is 0 Å². The van der Waals surface area contributed by atoms with E-state index in [1.54, 1.807) is 39.2 Å². The van der Waals surface area contributed by atoms with Crippen LogP contribution in [0.4, 0.5) is 0 Å². The van der Waals surface area contributed by atoms with Gasteiger partial charge in [-0.15, -0.1) is 0 Å². The van der Waals surface area contributed by atoms with Gasteiger partial charge >= 0.3 is 0 Å². The number of aliphatic hydroxyl groups excluding tert-OH is 1. The molecule has 0 aromatic carbocycles. The van der Waals surface area contributed by atoms with Gasteiger partial charge in [-0.1, -0.05) is 30.4 Å². The minimum absolute atomic E-state index is 0.0483. The lowest BCUT2D eigenvalue weighted by Crippen LogP contribution is -2.37. The number of carbonyl (C=O) groups is 1. The minimum Gasteiger partial charge on any atom is -0.389 e. The second-order valence-corrected chi connectivity index (χ2v) is 5.79. The van der Waals surface area contributed by atoms with Crippen molar-refractivity contribution in [2.45, 2.75) is 51.4 Å². The maximum absolute atomic E-state index is 11.4. The average molecular weight is 311 g/mol. The second kappa shape index (κ2) is 11.2. The highest BCUT2D eigenvalue weighted by Crippen LogP contribution is 2.01. The Morgan fingerprint density at radius 2 is 1.95 bits per heavy atom. The first-order chi connectivity index (χ1) is 10.2. The predicted octanol–water partition coefficient (Wildman–Crippen LogP) is 1.72. The van der Waals surface area contributed by atoms with Gasteiger partial charge in [0.2, 0.25) is 5.91 Å². The molecule has 22 heavy (non-hydrogen) atoms. The molecule has 0 bridgehead atoms. The Morgan fingerprint density at radius 1 is 1.32 bits per heavy atom. The Morgan fingerprint density at radius 3 is 2.55 bits per heavy atom. The van der Waals surface area contributed by atoms with Crippen LogP contribution in [-0.4, -0.2) is 47.6 Å². The van der Waals surface area contributed by atoms with Gasteiger partial charge in [0.15, 0.2) is 0 Å². The number of allylic oxidation sites excluding steroid dienone is 3. The van der Waals surface area contributed by atoms with Crippen LogP contribution in [0.1, 0.15) is 33.6 Å². The zero-order valence-corrected chi connectivity index (χ0v) is 14.0. The minimum atomic E-state index is -0.918. The number of carbonyl (C=O) groups excluding carboxylic acids is 1. The molecule has 1 amide bonds. The van der Waals surface area contributed by atoms with Crippen molar-refractivity contribution in [2.24, 2.45) is 0 Å². The fourth-order valence-electron chi connectivity index (χ4n) is 1.41. The fourth-order valence-corrected chi connectivity index (χ4v) is 1.41. The van der Waals surface area contributed by atoms with Crippen LogP contribution in [0.25, 0.3) is 0 Å². The third-order valence-corrected chi connectivity index (χ3v) is 2.79. The van der Waals surface area contributed by atoms with E-state index >= 15 is 0 Å². The van der Waals surface area contributed by atoms with Crippen molar-refractivity contribution in [3.63, 3.8) is 0 Å². The lowest BCUT2D eigenvalue weighted by atomic mass is 10.1. The summed E-state index contributed by atoms with van der Waals surface area (Å²) in [4.78, 5) is 11.4. The van der Waals surface area contributed by atoms with E-state index in [1.807, 2.05) is 19.1 Å². The molecule has 0 heterocycles. The Hall–Kier alpha value is -1.43. The van der Waals surface area contributed by atoms with Gasteiger partial charge in [-0.3, -0.25) is 4.79 Å². The van der Waals surface area contributed by atoms with Gasteiger partial charge in [0, 0.05) is 13.7 Å². The molecule has 1 unspecified atom stereocenters. The van der Waals surface area contributed by atoms with Crippen molar-refractivity contribution in [1.29, 1.82) is 0 Å². The molecule has 0 aliphatic heterocycles. The van der Waals surface area contributed by atoms with Crippen LogP contribution in [0.15, 0.2) is 36.5 Å². The summed E-state index contributed by atoms with van der Waals surface area (Å²) in [5, 5.41) is 21.8. The van der Waals surface area contributed by atoms with Crippen LogP contribution in [0, 0.1) is 0 Å². The summed E-state index contributed by atoms with van der Waals surface area (Å²) >= 11 is 0. The standard InChI is InChI=1S/C17H29NO4/c1-14(22-4)9-5-6-10-15(19)11-7-8-12-16(20)18-13-17(2,3)21/h5-6,8-10,12,14-15,19,21H,7,11,13H2,1-4H3,(H,18,20)/b9-5+,10-6+,12-8+/t14?,15-/m0/s1. The number of aliphatic hydroxyl groups is 2. The van der Waals surface area contributed by atoms with Crippen molar-refractivity contribution in [2.75, 3.05) is 13.7 Å². The first-order valence-electron chi connectivity index (χ1n) is 7.47. The van der Waals surface area contributed by atoms with Crippen molar-refractivity contribution in [3.05, 3.63) is 36.5 Å². The van der Waals surface area contributed by atoms with E-state index in [-0.39, 0.29) is 18.6 Å². The third-order valence-electron chi connectivity index (χ3n) is 2.79. The summed E-state index contributed by atoms with van der Waals surface area (Å²) in [5.74, 6) is -0.247. The van der Waals surface area contributed by atoms with E-state index in [4.69, 9.17) is 4.74 Å². The zero-order valence-electron chi connectivity index (χ0n) is 14.0. The lowest BCUT2D eigenvalue weighted by Gasteiger charge is -2.16. The normalized spacial score (nSPS) is 15.7. The predicted molar refractivity (Wildman–Crippen MR) is 88.4 cm³/mol. The molecule has 5 heteroatoms. The molecule has 2 atom stereocenters. The third kappa shape index (κ3) is 13.5. The Labute approximate surface area is 133 Å². The molecular weight excluding hydrogens is 282 g/mol. The molecule has 0 aliphatic rings. The van der Waals surface area contributed by atoms with E-state index in [1.165, 1.54) is 6.08 Å². The van der Waals surface area contributed by atoms with Crippen LogP contribution in [0.2, 0.25) is 0 Å². The lowest BCUT2D eigenvalue weighted by molar-refractivity contribution is -0.117. The van der Waals surface area contributed by atoms with Crippen LogP contribution >= 0.6 is 0 Å². The summed E-state index contributed by atoms with van der Waals surface area (Å²) in [7, 11) is 1.64. The SMILES string of the molecule is COC(C)/C=C/C=C/[C@H](O)CC/C=C/C(=O)NCC(C)(C)O. The van der Waals surface area contributed by atoms with E-state index in [9.17, 15) is 15.0 Å². The van der Waals surface area contributed by atoms with E-state index in [0.717, 1.165) is 0 Å². The summed E-state index contributed by atoms with van der Waals surface area (Å²) in [6.45, 7) is 5.38. The number of nitrogens with one attached hydrogen (secondary N) is 1. The van der Waals surface area contributed by atoms with Crippen LogP contribution < -0.4 is 5.32 Å². The zero-order chi connectivity index (χ0) is 17.0. The number of amides is 1. The van der Waals surface area contributed by atoms with Gasteiger partial charge in [-0.05, 0) is 39.7 Å². The Bertz CT molecular complexity index is 394. The summed E-state index contributed by atoms with van der Waals surface area (Å²) in [5.41, 5.74) is -0.918. The highest BCUT2D eigenvalue weighted by Gasteiger charge is 2.12. The van der Waals surface area contributed by atoms with Crippen molar-refractivity contribution in [1.82, 2.24) is 5.32 Å². The molecule has 126 valence electrons. The molecule has 0 aromatic heterocycles. The molecule has 0 saturated heterocycles. The number of hydrogen-bond donors (Lipinski definition) is 3. The molecule has 3 N–H and O–H groups in total. The Kier molecular flexibility index (Phi) is 10.5. The second-order valence-electron chi connectivity index (χ2n) is 5.79. The quantitative estimate of drug-likeness (QED) is 0.424. The van der Waals surface area contributed by atoms with Gasteiger partial charge in [-0.25, -0.2) is 0 Å². The maximum atomic E-state index is 11.4. The molecule has 0 rings (SSSR count). The van der Waals surface area contributed by atoms with Gasteiger partial charge < -0.3 is 20.3 Å². The molecule has 0 fully saturated rings. The first kappa shape index (κ1) is 20.6. The monoisotopic (exact) mass is 311 g/mol. The molecule has 0 aromatic rings. The molecule has 0 aliphatic carbocycles. The number of methoxy groups -OCH3 is 1. The number of rotatable bonds is 10. The summed E-state index contributed by atoms with van der Waals surface area (Å²) < 4.78 is 5.05. The smallest absolute Gasteiger partial charge is 0.243 e. The van der Waals surface area contributed by atoms with E-state index < -0.39 is 11.7 Å².